The van der Waals surface area contributed by atoms with Crippen LogP contribution in [0.5, 0.6) is 5.75 Å². The number of ether oxygens (including phenoxy) is 1. The smallest absolute Gasteiger partial charge is 0.263 e. The first-order valence-electron chi connectivity index (χ1n) is 10.6. The number of anilines is 2. The molecule has 1 fully saturated rings. The molecule has 4 rings (SSSR count). The highest BCUT2D eigenvalue weighted by Crippen LogP contribution is 2.23. The summed E-state index contributed by atoms with van der Waals surface area (Å²) in [7, 11) is -2.22. The number of carbonyl (C=O) groups excluding carboxylic acids is 1. The van der Waals surface area contributed by atoms with Gasteiger partial charge in [-0.1, -0.05) is 18.2 Å². The van der Waals surface area contributed by atoms with E-state index < -0.39 is 10.0 Å². The van der Waals surface area contributed by atoms with Gasteiger partial charge in [0.1, 0.15) is 5.75 Å². The number of hydrogen-bond acceptors (Lipinski definition) is 7. The molecule has 33 heavy (non-hydrogen) atoms. The summed E-state index contributed by atoms with van der Waals surface area (Å²) in [6, 6.07) is 16.3. The maximum atomic E-state index is 12.6. The second-order valence-corrected chi connectivity index (χ2v) is 10.2. The maximum absolute atomic E-state index is 12.6. The molecule has 2 aromatic carbocycles. The van der Waals surface area contributed by atoms with Gasteiger partial charge in [0.25, 0.3) is 10.0 Å². The molecule has 8 nitrogen and oxygen atoms in total. The maximum Gasteiger partial charge on any atom is 0.263 e. The number of sulfonamides is 1. The second-order valence-electron chi connectivity index (χ2n) is 7.63. The Bertz CT molecular complexity index is 1170. The molecule has 1 N–H and O–H groups in total. The number of carbonyl (C=O) groups is 1. The Morgan fingerprint density at radius 3 is 2.42 bits per heavy atom. The van der Waals surface area contributed by atoms with Crippen LogP contribution in [0.3, 0.4) is 0 Å². The lowest BCUT2D eigenvalue weighted by molar-refractivity contribution is -0.131. The minimum atomic E-state index is -3.74. The Kier molecular flexibility index (Phi) is 7.14. The average molecular weight is 487 g/mol. The number of aryl methyl sites for hydroxylation is 1. The molecule has 1 amide bonds. The van der Waals surface area contributed by atoms with E-state index in [0.717, 1.165) is 13.1 Å². The van der Waals surface area contributed by atoms with Crippen molar-refractivity contribution in [2.24, 2.45) is 0 Å². The largest absolute Gasteiger partial charge is 0.497 e. The van der Waals surface area contributed by atoms with E-state index in [2.05, 4.69) is 26.7 Å². The Morgan fingerprint density at radius 1 is 1.06 bits per heavy atom. The van der Waals surface area contributed by atoms with E-state index in [-0.39, 0.29) is 15.9 Å². The molecule has 1 aromatic heterocycles. The monoisotopic (exact) mass is 486 g/mol. The van der Waals surface area contributed by atoms with Crippen LogP contribution in [0, 0.1) is 0 Å². The number of piperazine rings is 1. The molecule has 0 bridgehead atoms. The molecule has 1 aliphatic rings. The Hall–Kier alpha value is -3.11. The molecular weight excluding hydrogens is 460 g/mol. The van der Waals surface area contributed by atoms with Gasteiger partial charge in [0, 0.05) is 43.7 Å². The Morgan fingerprint density at radius 2 is 1.76 bits per heavy atom. The van der Waals surface area contributed by atoms with Gasteiger partial charge in [-0.25, -0.2) is 13.4 Å². The summed E-state index contributed by atoms with van der Waals surface area (Å²) in [5.74, 6) is 0.674. The normalized spacial score (nSPS) is 14.2. The van der Waals surface area contributed by atoms with Crippen LogP contribution in [-0.2, 0) is 21.2 Å². The topological polar surface area (TPSA) is 91.8 Å². The molecule has 0 radical (unpaired) electrons. The molecular formula is C23H26N4O4S2. The zero-order valence-electron chi connectivity index (χ0n) is 18.3. The van der Waals surface area contributed by atoms with E-state index in [1.54, 1.807) is 17.5 Å². The van der Waals surface area contributed by atoms with Crippen molar-refractivity contribution < 1.29 is 17.9 Å². The third kappa shape index (κ3) is 5.82. The zero-order chi connectivity index (χ0) is 23.3. The summed E-state index contributed by atoms with van der Waals surface area (Å²) < 4.78 is 32.7. The first-order valence-corrected chi connectivity index (χ1v) is 13.0. The van der Waals surface area contributed by atoms with Crippen molar-refractivity contribution in [1.82, 2.24) is 9.88 Å². The van der Waals surface area contributed by atoms with E-state index in [9.17, 15) is 13.2 Å². The minimum absolute atomic E-state index is 0.0936. The number of nitrogens with one attached hydrogen (secondary N) is 1. The highest BCUT2D eigenvalue weighted by molar-refractivity contribution is 7.93. The predicted octanol–water partition coefficient (Wildman–Crippen LogP) is 3.23. The molecule has 0 saturated carbocycles. The van der Waals surface area contributed by atoms with Gasteiger partial charge >= 0.3 is 0 Å². The van der Waals surface area contributed by atoms with Crippen LogP contribution in [0.2, 0.25) is 0 Å². The van der Waals surface area contributed by atoms with Crippen LogP contribution in [0.1, 0.15) is 12.1 Å². The number of amides is 1. The molecule has 0 unspecified atom stereocenters. The first-order chi connectivity index (χ1) is 15.9. The molecule has 0 aliphatic carbocycles. The van der Waals surface area contributed by atoms with Crippen molar-refractivity contribution in [3.05, 3.63) is 65.7 Å². The zero-order valence-corrected chi connectivity index (χ0v) is 19.9. The molecule has 0 spiro atoms. The van der Waals surface area contributed by atoms with Gasteiger partial charge in [-0.2, -0.15) is 0 Å². The third-order valence-corrected chi connectivity index (χ3v) is 7.78. The van der Waals surface area contributed by atoms with E-state index >= 15 is 0 Å². The lowest BCUT2D eigenvalue weighted by Gasteiger charge is -2.36. The lowest BCUT2D eigenvalue weighted by atomic mass is 10.2. The molecule has 2 heterocycles. The highest BCUT2D eigenvalue weighted by Gasteiger charge is 2.22. The number of rotatable bonds is 8. The number of nitrogens with zero attached hydrogens (tertiary/aromatic N) is 3. The molecule has 3 aromatic rings. The van der Waals surface area contributed by atoms with Crippen molar-refractivity contribution in [3.8, 4) is 5.75 Å². The quantitative estimate of drug-likeness (QED) is 0.526. The predicted molar refractivity (Wildman–Crippen MR) is 129 cm³/mol. The van der Waals surface area contributed by atoms with Crippen molar-refractivity contribution in [3.63, 3.8) is 0 Å². The van der Waals surface area contributed by atoms with Crippen molar-refractivity contribution in [1.29, 1.82) is 0 Å². The van der Waals surface area contributed by atoms with Crippen LogP contribution in [0.25, 0.3) is 0 Å². The van der Waals surface area contributed by atoms with Gasteiger partial charge in [-0.15, -0.1) is 11.3 Å². The molecule has 174 valence electrons. The third-order valence-electron chi connectivity index (χ3n) is 5.49. The van der Waals surface area contributed by atoms with Gasteiger partial charge in [0.2, 0.25) is 5.91 Å². The Labute approximate surface area is 197 Å². The summed E-state index contributed by atoms with van der Waals surface area (Å²) in [5, 5.41) is 2.07. The van der Waals surface area contributed by atoms with Crippen LogP contribution in [0.15, 0.2) is 64.9 Å². The number of thiazole rings is 1. The number of aromatic nitrogens is 1. The number of para-hydroxylation sites is 1. The standard InChI is InChI=1S/C23H26N4O4S2/c1-31-20-8-10-21(11-9-20)33(29,30)25-23-24-18(17-32-23)7-12-22(28)27-15-13-26(14-16-27)19-5-3-2-4-6-19/h2-6,8-11,17H,7,12-16H2,1H3,(H,24,25). The van der Waals surface area contributed by atoms with Crippen molar-refractivity contribution >= 4 is 38.1 Å². The summed E-state index contributed by atoms with van der Waals surface area (Å²) in [5.41, 5.74) is 1.88. The van der Waals surface area contributed by atoms with Gasteiger partial charge in [0.15, 0.2) is 5.13 Å². The van der Waals surface area contributed by atoms with Crippen LogP contribution in [-0.4, -0.2) is 57.5 Å². The number of benzene rings is 2. The van der Waals surface area contributed by atoms with Crippen molar-refractivity contribution in [2.75, 3.05) is 42.9 Å². The first kappa shape index (κ1) is 23.1. The highest BCUT2D eigenvalue weighted by atomic mass is 32.2. The molecule has 1 saturated heterocycles. The van der Waals surface area contributed by atoms with Crippen LogP contribution < -0.4 is 14.4 Å². The Balaban J connectivity index is 1.27. The van der Waals surface area contributed by atoms with Crippen LogP contribution in [0.4, 0.5) is 10.8 Å². The molecule has 1 aliphatic heterocycles. The van der Waals surface area contributed by atoms with Crippen LogP contribution >= 0.6 is 11.3 Å². The van der Waals surface area contributed by atoms with E-state index in [1.165, 1.54) is 36.3 Å². The van der Waals surface area contributed by atoms with Gasteiger partial charge in [0.05, 0.1) is 17.7 Å². The lowest BCUT2D eigenvalue weighted by Crippen LogP contribution is -2.48. The average Bonchev–Trinajstić information content (AvgIpc) is 3.29. The summed E-state index contributed by atoms with van der Waals surface area (Å²) >= 11 is 1.21. The minimum Gasteiger partial charge on any atom is -0.497 e. The summed E-state index contributed by atoms with van der Waals surface area (Å²) in [4.78, 5) is 21.3. The number of hydrogen-bond donors (Lipinski definition) is 1. The fourth-order valence-corrected chi connectivity index (χ4v) is 5.64. The van der Waals surface area contributed by atoms with Gasteiger partial charge < -0.3 is 14.5 Å². The van der Waals surface area contributed by atoms with Crippen molar-refractivity contribution in [2.45, 2.75) is 17.7 Å². The summed E-state index contributed by atoms with van der Waals surface area (Å²) in [6.45, 7) is 3.00. The molecule has 0 atom stereocenters. The van der Waals surface area contributed by atoms with E-state index in [1.807, 2.05) is 23.1 Å². The van der Waals surface area contributed by atoms with Gasteiger partial charge in [-0.3, -0.25) is 9.52 Å². The fourth-order valence-electron chi connectivity index (χ4n) is 3.64. The molecule has 10 heteroatoms. The van der Waals surface area contributed by atoms with Gasteiger partial charge in [-0.05, 0) is 42.8 Å². The number of methoxy groups -OCH3 is 1. The van der Waals surface area contributed by atoms with E-state index in [0.29, 0.717) is 37.4 Å². The van der Waals surface area contributed by atoms with E-state index in [4.69, 9.17) is 4.74 Å². The SMILES string of the molecule is COc1ccc(S(=O)(=O)Nc2nc(CCC(=O)N3CCN(c4ccccc4)CC3)cs2)cc1. The fraction of sp³-hybridized carbons (Fsp3) is 0.304. The summed E-state index contributed by atoms with van der Waals surface area (Å²) in [6.07, 6.45) is 0.818. The second kappa shape index (κ2) is 10.2.